The fraction of sp³-hybridized carbons (Fsp3) is 0.400. The van der Waals surface area contributed by atoms with Crippen molar-refractivity contribution in [2.75, 3.05) is 14.1 Å². The third kappa shape index (κ3) is 3.04. The lowest BCUT2D eigenvalue weighted by Gasteiger charge is -2.20. The van der Waals surface area contributed by atoms with Crippen LogP contribution in [0.1, 0.15) is 4.88 Å². The van der Waals surface area contributed by atoms with Crippen LogP contribution < -0.4 is 5.32 Å². The van der Waals surface area contributed by atoms with Gasteiger partial charge >= 0.3 is 5.97 Å². The number of nitrogens with zero attached hydrogens (tertiary/aromatic N) is 1. The minimum atomic E-state index is -1.18. The Bertz CT molecular complexity index is 364. The molecule has 1 atom stereocenters. The largest absolute Gasteiger partial charge is 0.480 e. The zero-order chi connectivity index (χ0) is 12.1. The zero-order valence-corrected chi connectivity index (χ0v) is 9.95. The van der Waals surface area contributed by atoms with Crippen molar-refractivity contribution < 1.29 is 14.7 Å². The maximum atomic E-state index is 11.7. The van der Waals surface area contributed by atoms with Crippen LogP contribution in [-0.4, -0.2) is 42.0 Å². The van der Waals surface area contributed by atoms with Crippen molar-refractivity contribution in [2.24, 2.45) is 0 Å². The van der Waals surface area contributed by atoms with Crippen molar-refractivity contribution in [3.8, 4) is 0 Å². The number of thiophene rings is 1. The number of rotatable bonds is 5. The van der Waals surface area contributed by atoms with Gasteiger partial charge < -0.3 is 10.0 Å². The van der Waals surface area contributed by atoms with Gasteiger partial charge in [0.15, 0.2) is 6.04 Å². The molecule has 0 saturated heterocycles. The van der Waals surface area contributed by atoms with Crippen molar-refractivity contribution in [3.05, 3.63) is 22.4 Å². The molecule has 0 aliphatic carbocycles. The minimum absolute atomic E-state index is 0.432. The van der Waals surface area contributed by atoms with Crippen LogP contribution in [0.4, 0.5) is 0 Å². The Balaban J connectivity index is 2.62. The highest BCUT2D eigenvalue weighted by atomic mass is 32.1. The smallest absolute Gasteiger partial charge is 0.330 e. The molecule has 1 rings (SSSR count). The van der Waals surface area contributed by atoms with Gasteiger partial charge in [-0.2, -0.15) is 0 Å². The molecule has 1 heterocycles. The number of aliphatic carboxylic acids is 1. The lowest BCUT2D eigenvalue weighted by Crippen LogP contribution is -2.48. The van der Waals surface area contributed by atoms with E-state index in [4.69, 9.17) is 5.11 Å². The summed E-state index contributed by atoms with van der Waals surface area (Å²) in [5.74, 6) is -1.60. The number of carboxylic acids is 1. The lowest BCUT2D eigenvalue weighted by molar-refractivity contribution is -0.147. The summed E-state index contributed by atoms with van der Waals surface area (Å²) in [5.41, 5.74) is 0. The molecule has 0 aromatic carbocycles. The second kappa shape index (κ2) is 5.62. The van der Waals surface area contributed by atoms with Gasteiger partial charge in [0.1, 0.15) is 0 Å². The topological polar surface area (TPSA) is 69.6 Å². The van der Waals surface area contributed by atoms with E-state index in [9.17, 15) is 9.59 Å². The number of carbonyl (C=O) groups excluding carboxylic acids is 1. The Morgan fingerprint density at radius 3 is 2.75 bits per heavy atom. The summed E-state index contributed by atoms with van der Waals surface area (Å²) < 4.78 is 0. The van der Waals surface area contributed by atoms with E-state index >= 15 is 0 Å². The molecule has 0 aliphatic heterocycles. The predicted octanol–water partition coefficient (Wildman–Crippen LogP) is 0.379. The molecule has 0 spiro atoms. The third-order valence-electron chi connectivity index (χ3n) is 2.13. The zero-order valence-electron chi connectivity index (χ0n) is 9.14. The highest BCUT2D eigenvalue weighted by Gasteiger charge is 2.27. The van der Waals surface area contributed by atoms with Crippen LogP contribution in [0.15, 0.2) is 17.5 Å². The first kappa shape index (κ1) is 12.7. The first-order valence-electron chi connectivity index (χ1n) is 4.73. The molecule has 0 bridgehead atoms. The van der Waals surface area contributed by atoms with Gasteiger partial charge in [-0.1, -0.05) is 6.07 Å². The van der Waals surface area contributed by atoms with Gasteiger partial charge in [0, 0.05) is 11.9 Å². The number of nitrogens with one attached hydrogen (secondary N) is 1. The summed E-state index contributed by atoms with van der Waals surface area (Å²) in [5, 5.41) is 13.2. The maximum absolute atomic E-state index is 11.7. The van der Waals surface area contributed by atoms with E-state index in [1.54, 1.807) is 7.05 Å². The molecule has 1 aromatic heterocycles. The molecule has 0 fully saturated rings. The van der Waals surface area contributed by atoms with E-state index in [1.807, 2.05) is 17.5 Å². The normalized spacial score (nSPS) is 12.1. The van der Waals surface area contributed by atoms with Crippen molar-refractivity contribution >= 4 is 23.2 Å². The molecule has 0 radical (unpaired) electrons. The molecule has 88 valence electrons. The van der Waals surface area contributed by atoms with Crippen LogP contribution in [0.25, 0.3) is 0 Å². The second-order valence-corrected chi connectivity index (χ2v) is 4.37. The SMILES string of the molecule is CNC(C(=O)O)C(=O)N(C)Cc1cccs1. The molecule has 1 aromatic rings. The summed E-state index contributed by atoms with van der Waals surface area (Å²) >= 11 is 1.53. The van der Waals surface area contributed by atoms with Crippen molar-refractivity contribution in [2.45, 2.75) is 12.6 Å². The standard InChI is InChI=1S/C10H14N2O3S/c1-11-8(10(14)15)9(13)12(2)6-7-4-3-5-16-7/h3-5,8,11H,6H2,1-2H3,(H,14,15). The monoisotopic (exact) mass is 242 g/mol. The number of hydrogen-bond acceptors (Lipinski definition) is 4. The van der Waals surface area contributed by atoms with Crippen LogP contribution in [0.2, 0.25) is 0 Å². The first-order chi connectivity index (χ1) is 7.56. The molecule has 1 amide bonds. The summed E-state index contributed by atoms with van der Waals surface area (Å²) in [4.78, 5) is 24.9. The number of amides is 1. The Morgan fingerprint density at radius 1 is 1.62 bits per heavy atom. The number of carbonyl (C=O) groups is 2. The van der Waals surface area contributed by atoms with Gasteiger partial charge in [0.2, 0.25) is 0 Å². The maximum Gasteiger partial charge on any atom is 0.330 e. The van der Waals surface area contributed by atoms with Crippen LogP contribution in [-0.2, 0) is 16.1 Å². The van der Waals surface area contributed by atoms with Crippen LogP contribution in [0.3, 0.4) is 0 Å². The van der Waals surface area contributed by atoms with E-state index in [0.717, 1.165) is 4.88 Å². The Kier molecular flexibility index (Phi) is 4.45. The van der Waals surface area contributed by atoms with Crippen molar-refractivity contribution in [1.29, 1.82) is 0 Å². The molecule has 0 aliphatic rings. The highest BCUT2D eigenvalue weighted by molar-refractivity contribution is 7.09. The molecular formula is C10H14N2O3S. The third-order valence-corrected chi connectivity index (χ3v) is 2.99. The Labute approximate surface area is 97.7 Å². The predicted molar refractivity (Wildman–Crippen MR) is 61.3 cm³/mol. The molecule has 0 saturated carbocycles. The van der Waals surface area contributed by atoms with Gasteiger partial charge in [0.05, 0.1) is 6.54 Å². The van der Waals surface area contributed by atoms with Crippen LogP contribution >= 0.6 is 11.3 Å². The van der Waals surface area contributed by atoms with Crippen LogP contribution in [0, 0.1) is 0 Å². The van der Waals surface area contributed by atoms with E-state index in [1.165, 1.54) is 23.3 Å². The average Bonchev–Trinajstić information content (AvgIpc) is 2.70. The fourth-order valence-corrected chi connectivity index (χ4v) is 2.04. The number of likely N-dealkylation sites (N-methyl/N-ethyl adjacent to an activating group) is 2. The Hall–Kier alpha value is -1.40. The summed E-state index contributed by atoms with van der Waals surface area (Å²) in [6, 6.07) is 2.62. The van der Waals surface area contributed by atoms with E-state index in [2.05, 4.69) is 5.32 Å². The second-order valence-electron chi connectivity index (χ2n) is 3.33. The lowest BCUT2D eigenvalue weighted by atomic mass is 10.2. The quantitative estimate of drug-likeness (QED) is 0.732. The van der Waals surface area contributed by atoms with E-state index < -0.39 is 17.9 Å². The fourth-order valence-electron chi connectivity index (χ4n) is 1.29. The van der Waals surface area contributed by atoms with Gasteiger partial charge in [-0.15, -0.1) is 11.3 Å². The summed E-state index contributed by atoms with van der Waals surface area (Å²) in [6.45, 7) is 0.432. The highest BCUT2D eigenvalue weighted by Crippen LogP contribution is 2.11. The molecule has 2 N–H and O–H groups in total. The van der Waals surface area contributed by atoms with Gasteiger partial charge in [-0.05, 0) is 18.5 Å². The average molecular weight is 242 g/mol. The molecular weight excluding hydrogens is 228 g/mol. The summed E-state index contributed by atoms with van der Waals surface area (Å²) in [6.07, 6.45) is 0. The van der Waals surface area contributed by atoms with Crippen molar-refractivity contribution in [1.82, 2.24) is 10.2 Å². The summed E-state index contributed by atoms with van der Waals surface area (Å²) in [7, 11) is 3.05. The Morgan fingerprint density at radius 2 is 2.31 bits per heavy atom. The minimum Gasteiger partial charge on any atom is -0.480 e. The van der Waals surface area contributed by atoms with E-state index in [-0.39, 0.29) is 0 Å². The van der Waals surface area contributed by atoms with Crippen LogP contribution in [0.5, 0.6) is 0 Å². The molecule has 16 heavy (non-hydrogen) atoms. The molecule has 5 nitrogen and oxygen atoms in total. The molecule has 6 heteroatoms. The molecule has 1 unspecified atom stereocenters. The van der Waals surface area contributed by atoms with E-state index in [0.29, 0.717) is 6.54 Å². The van der Waals surface area contributed by atoms with Gasteiger partial charge in [-0.25, -0.2) is 4.79 Å². The van der Waals surface area contributed by atoms with Gasteiger partial charge in [-0.3, -0.25) is 10.1 Å². The van der Waals surface area contributed by atoms with Gasteiger partial charge in [0.25, 0.3) is 5.91 Å². The number of hydrogen-bond donors (Lipinski definition) is 2. The number of carboxylic acid groups (broad SMARTS) is 1. The first-order valence-corrected chi connectivity index (χ1v) is 5.61. The van der Waals surface area contributed by atoms with Crippen molar-refractivity contribution in [3.63, 3.8) is 0 Å².